The summed E-state index contributed by atoms with van der Waals surface area (Å²) >= 11 is 0. The molecule has 3 atom stereocenters. The van der Waals surface area contributed by atoms with Crippen LogP contribution in [0.5, 0.6) is 0 Å². The van der Waals surface area contributed by atoms with Gasteiger partial charge in [-0.05, 0) is 97.9 Å². The molecule has 0 spiro atoms. The van der Waals surface area contributed by atoms with Crippen molar-refractivity contribution in [3.8, 4) is 0 Å². The van der Waals surface area contributed by atoms with Gasteiger partial charge in [0.1, 0.15) is 18.0 Å². The van der Waals surface area contributed by atoms with E-state index in [9.17, 15) is 23.9 Å². The molecule has 47 heavy (non-hydrogen) atoms. The van der Waals surface area contributed by atoms with E-state index >= 15 is 0 Å². The molecule has 0 radical (unpaired) electrons. The highest BCUT2D eigenvalue weighted by molar-refractivity contribution is 6.03. The van der Waals surface area contributed by atoms with Gasteiger partial charge in [-0.2, -0.15) is 5.10 Å². The summed E-state index contributed by atoms with van der Waals surface area (Å²) in [5.74, 6) is -4.00. The molecule has 1 saturated heterocycles. The SMILES string of the molecule is O=C(O)C(CCCc1ccc([C@@H]2[C@@H](CC[C@H](O)c3ccc(F)cc3)C(=O)N2c2ccc(CCCCc3ncn[nH]3)cc2)cc1)C(=O)O. The lowest BCUT2D eigenvalue weighted by molar-refractivity contribution is -0.154. The molecule has 11 heteroatoms. The number of aryl methyl sites for hydroxylation is 3. The highest BCUT2D eigenvalue weighted by atomic mass is 19.1. The number of aliphatic hydroxyl groups excluding tert-OH is 1. The van der Waals surface area contributed by atoms with Crippen molar-refractivity contribution in [1.82, 2.24) is 15.2 Å². The van der Waals surface area contributed by atoms with Crippen molar-refractivity contribution >= 4 is 23.5 Å². The molecule has 1 aliphatic heterocycles. The van der Waals surface area contributed by atoms with E-state index in [2.05, 4.69) is 15.2 Å². The number of halogens is 1. The quantitative estimate of drug-likeness (QED) is 0.0636. The van der Waals surface area contributed by atoms with Crippen molar-refractivity contribution in [2.24, 2.45) is 11.8 Å². The van der Waals surface area contributed by atoms with Crippen LogP contribution in [0.1, 0.15) is 78.7 Å². The lowest BCUT2D eigenvalue weighted by Gasteiger charge is -2.48. The van der Waals surface area contributed by atoms with Gasteiger partial charge in [0.05, 0.1) is 18.1 Å². The van der Waals surface area contributed by atoms with Gasteiger partial charge in [0, 0.05) is 12.1 Å². The predicted octanol–water partition coefficient (Wildman–Crippen LogP) is 5.84. The van der Waals surface area contributed by atoms with Crippen molar-refractivity contribution in [3.63, 3.8) is 0 Å². The number of aliphatic hydroxyl groups is 1. The van der Waals surface area contributed by atoms with Gasteiger partial charge in [-0.1, -0.05) is 48.5 Å². The summed E-state index contributed by atoms with van der Waals surface area (Å²) in [6, 6.07) is 21.3. The summed E-state index contributed by atoms with van der Waals surface area (Å²) in [5, 5.41) is 35.8. The number of hydrogen-bond donors (Lipinski definition) is 4. The summed E-state index contributed by atoms with van der Waals surface area (Å²) in [5.41, 5.74) is 4.43. The Labute approximate surface area is 272 Å². The fraction of sp³-hybridized carbons (Fsp3) is 0.361. The first kappa shape index (κ1) is 33.5. The van der Waals surface area contributed by atoms with Gasteiger partial charge in [0.2, 0.25) is 5.91 Å². The summed E-state index contributed by atoms with van der Waals surface area (Å²) in [4.78, 5) is 42.0. The van der Waals surface area contributed by atoms with Gasteiger partial charge in [-0.15, -0.1) is 0 Å². The molecule has 4 aromatic rings. The molecule has 0 unspecified atom stereocenters. The molecule has 1 aliphatic rings. The Bertz CT molecular complexity index is 1610. The third-order valence-electron chi connectivity index (χ3n) is 8.90. The number of anilines is 1. The second-order valence-electron chi connectivity index (χ2n) is 12.1. The fourth-order valence-electron chi connectivity index (χ4n) is 6.23. The lowest BCUT2D eigenvalue weighted by atomic mass is 9.78. The Morgan fingerprint density at radius 3 is 2.06 bits per heavy atom. The van der Waals surface area contributed by atoms with Crippen LogP contribution >= 0.6 is 0 Å². The third kappa shape index (κ3) is 8.48. The Kier molecular flexibility index (Phi) is 11.1. The van der Waals surface area contributed by atoms with E-state index in [-0.39, 0.29) is 30.1 Å². The fourth-order valence-corrected chi connectivity index (χ4v) is 6.23. The normalized spacial score (nSPS) is 16.7. The Balaban J connectivity index is 1.26. The van der Waals surface area contributed by atoms with Crippen LogP contribution in [0, 0.1) is 17.7 Å². The van der Waals surface area contributed by atoms with E-state index in [4.69, 9.17) is 10.2 Å². The molecule has 3 aromatic carbocycles. The predicted molar refractivity (Wildman–Crippen MR) is 172 cm³/mol. The highest BCUT2D eigenvalue weighted by Gasteiger charge is 2.48. The lowest BCUT2D eigenvalue weighted by Crippen LogP contribution is -2.55. The number of nitrogens with one attached hydrogen (secondary N) is 1. The van der Waals surface area contributed by atoms with E-state index in [0.717, 1.165) is 48.3 Å². The van der Waals surface area contributed by atoms with Crippen molar-refractivity contribution < 1.29 is 34.1 Å². The first-order valence-electron chi connectivity index (χ1n) is 16.0. The summed E-state index contributed by atoms with van der Waals surface area (Å²) in [6.45, 7) is 0. The minimum Gasteiger partial charge on any atom is -0.481 e. The third-order valence-corrected chi connectivity index (χ3v) is 8.90. The summed E-state index contributed by atoms with van der Waals surface area (Å²) < 4.78 is 13.4. The van der Waals surface area contributed by atoms with E-state index in [1.807, 2.05) is 48.5 Å². The zero-order valence-corrected chi connectivity index (χ0v) is 26.0. The molecular weight excluding hydrogens is 603 g/mol. The number of carbonyl (C=O) groups excluding carboxylic acids is 1. The second kappa shape index (κ2) is 15.6. The van der Waals surface area contributed by atoms with Gasteiger partial charge in [0.25, 0.3) is 0 Å². The van der Waals surface area contributed by atoms with Gasteiger partial charge < -0.3 is 20.2 Å². The van der Waals surface area contributed by atoms with Crippen LogP contribution in [0.2, 0.25) is 0 Å². The number of β-lactam (4-membered cyclic amide) rings is 1. The van der Waals surface area contributed by atoms with Crippen molar-refractivity contribution in [1.29, 1.82) is 0 Å². The highest BCUT2D eigenvalue weighted by Crippen LogP contribution is 2.46. The van der Waals surface area contributed by atoms with Gasteiger partial charge in [-0.3, -0.25) is 19.5 Å². The number of H-pyrrole nitrogens is 1. The number of amides is 1. The number of aromatic nitrogens is 3. The second-order valence-corrected chi connectivity index (χ2v) is 12.1. The van der Waals surface area contributed by atoms with Gasteiger partial charge in [-0.25, -0.2) is 9.37 Å². The topological polar surface area (TPSA) is 157 Å². The number of aromatic amines is 1. The average Bonchev–Trinajstić information content (AvgIpc) is 3.58. The van der Waals surface area contributed by atoms with E-state index in [1.54, 1.807) is 17.0 Å². The molecule has 0 aliphatic carbocycles. The monoisotopic (exact) mass is 642 g/mol. The smallest absolute Gasteiger partial charge is 0.317 e. The van der Waals surface area contributed by atoms with Crippen LogP contribution in [0.4, 0.5) is 10.1 Å². The Morgan fingerprint density at radius 2 is 1.45 bits per heavy atom. The number of hydrogen-bond acceptors (Lipinski definition) is 6. The minimum absolute atomic E-state index is 0.0291. The van der Waals surface area contributed by atoms with Crippen molar-refractivity contribution in [3.05, 3.63) is 113 Å². The zero-order valence-electron chi connectivity index (χ0n) is 26.0. The number of aliphatic carboxylic acids is 2. The molecule has 0 bridgehead atoms. The Hall–Kier alpha value is -4.90. The zero-order chi connectivity index (χ0) is 33.3. The van der Waals surface area contributed by atoms with E-state index in [1.165, 1.54) is 24.0 Å². The number of nitrogens with zero attached hydrogens (tertiary/aromatic N) is 3. The van der Waals surface area contributed by atoms with Crippen LogP contribution in [0.3, 0.4) is 0 Å². The molecule has 5 rings (SSSR count). The van der Waals surface area contributed by atoms with Crippen LogP contribution in [-0.2, 0) is 33.6 Å². The van der Waals surface area contributed by atoms with Crippen LogP contribution in [0.25, 0.3) is 0 Å². The van der Waals surface area contributed by atoms with Crippen molar-refractivity contribution in [2.45, 2.75) is 69.9 Å². The van der Waals surface area contributed by atoms with E-state index in [0.29, 0.717) is 31.2 Å². The molecule has 10 nitrogen and oxygen atoms in total. The number of carbonyl (C=O) groups is 3. The molecule has 0 saturated carbocycles. The van der Waals surface area contributed by atoms with E-state index < -0.39 is 24.0 Å². The van der Waals surface area contributed by atoms with Crippen LogP contribution in [-0.4, -0.2) is 48.3 Å². The Morgan fingerprint density at radius 1 is 0.830 bits per heavy atom. The van der Waals surface area contributed by atoms with Gasteiger partial charge in [0.15, 0.2) is 5.92 Å². The van der Waals surface area contributed by atoms with Crippen molar-refractivity contribution in [2.75, 3.05) is 4.90 Å². The number of carboxylic acid groups (broad SMARTS) is 2. The standard InChI is InChI=1S/C36H39FN4O6/c37-27-16-14-25(15-17-27)31(42)21-20-29-33(26-12-8-24(9-13-26)5-3-6-30(35(44)45)36(46)47)41(34(29)43)28-18-10-23(11-19-28)4-1-2-7-32-38-22-39-40-32/h8-19,22,29-31,33,42H,1-7,20-21H2,(H,44,45)(H,46,47)(H,38,39,40)/t29-,31+,33-/m1/s1. The largest absolute Gasteiger partial charge is 0.481 e. The molecule has 2 heterocycles. The number of carboxylic acids is 2. The number of benzene rings is 3. The first-order valence-corrected chi connectivity index (χ1v) is 16.0. The summed E-state index contributed by atoms with van der Waals surface area (Å²) in [7, 11) is 0. The minimum atomic E-state index is -1.43. The average molecular weight is 643 g/mol. The molecule has 1 amide bonds. The maximum absolute atomic E-state index is 13.6. The molecule has 1 fully saturated rings. The molecule has 4 N–H and O–H groups in total. The maximum Gasteiger partial charge on any atom is 0.317 e. The van der Waals surface area contributed by atoms with Crippen LogP contribution < -0.4 is 4.90 Å². The maximum atomic E-state index is 13.6. The molecule has 1 aromatic heterocycles. The number of rotatable bonds is 17. The summed E-state index contributed by atoms with van der Waals surface area (Å²) in [6.07, 6.45) is 6.13. The molecular formula is C36H39FN4O6. The van der Waals surface area contributed by atoms with Crippen LogP contribution in [0.15, 0.2) is 79.1 Å². The number of unbranched alkanes of at least 4 members (excludes halogenated alkanes) is 1. The first-order chi connectivity index (χ1) is 22.7. The van der Waals surface area contributed by atoms with Gasteiger partial charge >= 0.3 is 11.9 Å². The molecule has 246 valence electrons.